The van der Waals surface area contributed by atoms with E-state index in [2.05, 4.69) is 56.2 Å². The molecule has 5 fully saturated rings. The number of ether oxygens (including phenoxy) is 1. The van der Waals surface area contributed by atoms with Gasteiger partial charge in [0.2, 0.25) is 5.91 Å². The smallest absolute Gasteiger partial charge is 0.251 e. The Labute approximate surface area is 335 Å². The van der Waals surface area contributed by atoms with Crippen molar-refractivity contribution >= 4 is 17.5 Å². The van der Waals surface area contributed by atoms with Gasteiger partial charge in [-0.25, -0.2) is 0 Å². The predicted molar refractivity (Wildman–Crippen MR) is 221 cm³/mol. The first kappa shape index (κ1) is 42.4. The molecule has 0 aromatic heterocycles. The Kier molecular flexibility index (Phi) is 13.1. The lowest BCUT2D eigenvalue weighted by atomic mass is 9.45. The van der Waals surface area contributed by atoms with E-state index < -0.39 is 24.2 Å². The Bertz CT molecular complexity index is 1680. The van der Waals surface area contributed by atoms with Crippen LogP contribution in [0, 0.1) is 40.9 Å². The van der Waals surface area contributed by atoms with Crippen LogP contribution < -0.4 is 20.3 Å². The summed E-state index contributed by atoms with van der Waals surface area (Å²) in [4.78, 5) is 38.9. The highest BCUT2D eigenvalue weighted by molar-refractivity contribution is 5.97. The van der Waals surface area contributed by atoms with Crippen molar-refractivity contribution in [2.75, 3.05) is 52.8 Å². The molecular weight excluding hydrogens is 707 g/mol. The average molecular weight is 776 g/mol. The van der Waals surface area contributed by atoms with E-state index >= 15 is 0 Å². The van der Waals surface area contributed by atoms with Gasteiger partial charge in [0, 0.05) is 61.0 Å². The van der Waals surface area contributed by atoms with E-state index in [1.54, 1.807) is 12.0 Å². The Morgan fingerprint density at radius 3 is 2.39 bits per heavy atom. The molecule has 9 atom stereocenters. The third-order valence-electron chi connectivity index (χ3n) is 13.3. The lowest BCUT2D eigenvalue weighted by Gasteiger charge is -2.62. The zero-order valence-corrected chi connectivity index (χ0v) is 35.5. The molecule has 4 saturated carbocycles. The van der Waals surface area contributed by atoms with Crippen LogP contribution in [0.4, 0.5) is 5.69 Å². The number of hydrogen-bond donors (Lipinski definition) is 4. The van der Waals surface area contributed by atoms with Gasteiger partial charge in [-0.05, 0) is 112 Å². The molecule has 2 aromatic rings. The summed E-state index contributed by atoms with van der Waals surface area (Å²) < 4.78 is 6.70. The van der Waals surface area contributed by atoms with Gasteiger partial charge in [-0.3, -0.25) is 14.4 Å². The number of anilines is 1. The fourth-order valence-electron chi connectivity index (χ4n) is 9.86. The minimum Gasteiger partial charge on any atom is -0.492 e. The number of benzene rings is 2. The quantitative estimate of drug-likeness (QED) is 0.163. The molecule has 0 spiro atoms. The maximum Gasteiger partial charge on any atom is 0.251 e. The number of aliphatic hydroxyl groups is 2. The van der Waals surface area contributed by atoms with Crippen LogP contribution in [-0.2, 0) is 16.2 Å². The van der Waals surface area contributed by atoms with Gasteiger partial charge in [0.1, 0.15) is 17.9 Å². The fraction of sp³-hybridized carbons (Fsp3) is 0.689. The number of carbonyl (C=O) groups is 2. The van der Waals surface area contributed by atoms with Crippen molar-refractivity contribution in [1.82, 2.24) is 20.6 Å². The summed E-state index contributed by atoms with van der Waals surface area (Å²) >= 11 is 0. The van der Waals surface area contributed by atoms with Crippen LogP contribution in [0.5, 0.6) is 5.75 Å². The maximum absolute atomic E-state index is 14.4. The van der Waals surface area contributed by atoms with E-state index in [1.807, 2.05) is 63.4 Å². The lowest BCUT2D eigenvalue weighted by molar-refractivity contribution is -0.183. The van der Waals surface area contributed by atoms with E-state index in [9.17, 15) is 19.8 Å². The number of nitrogens with zero attached hydrogens (tertiary/aromatic N) is 3. The largest absolute Gasteiger partial charge is 0.492 e. The van der Waals surface area contributed by atoms with Gasteiger partial charge >= 0.3 is 0 Å². The Hall–Kier alpha value is -3.22. The third-order valence-corrected chi connectivity index (χ3v) is 13.3. The molecule has 56 heavy (non-hydrogen) atoms. The molecule has 1 saturated heterocycles. The van der Waals surface area contributed by atoms with Crippen LogP contribution >= 0.6 is 0 Å². The number of hydrogen-bond acceptors (Lipinski definition) is 9. The van der Waals surface area contributed by atoms with E-state index in [0.717, 1.165) is 54.6 Å². The molecule has 2 amide bonds. The van der Waals surface area contributed by atoms with Crippen molar-refractivity contribution in [3.63, 3.8) is 0 Å². The number of nitrogens with one attached hydrogen (secondary N) is 2. The number of para-hydroxylation sites is 1. The Morgan fingerprint density at radius 2 is 1.80 bits per heavy atom. The van der Waals surface area contributed by atoms with Gasteiger partial charge < -0.3 is 35.4 Å². The second-order valence-corrected chi connectivity index (χ2v) is 19.0. The first-order chi connectivity index (χ1) is 26.5. The highest BCUT2D eigenvalue weighted by atomic mass is 16.7. The Balaban J connectivity index is 1.33. The molecule has 0 unspecified atom stereocenters. The summed E-state index contributed by atoms with van der Waals surface area (Å²) in [7, 11) is 7.99. The number of aliphatic hydroxyl groups excluding tert-OH is 2. The maximum atomic E-state index is 14.4. The van der Waals surface area contributed by atoms with Gasteiger partial charge in [0.15, 0.2) is 0 Å². The molecule has 2 aromatic carbocycles. The second-order valence-electron chi connectivity index (χ2n) is 19.0. The SMILES string of the molecule is CC(C)C[C@H](CN(C)C)NC(=O)c1cc(-c2cccc(CN3O[C@@H](CO)[C@@H]([C@H](C)O)[C@H]3C(=O)N[C@H]3C[C@H]4C[C@@H]([C@@H]3C)C4(C)C)c2OCC2CC2)cc(N(C)C)c1. The van der Waals surface area contributed by atoms with Crippen molar-refractivity contribution in [2.24, 2.45) is 40.9 Å². The highest BCUT2D eigenvalue weighted by Gasteiger charge is 2.57. The van der Waals surface area contributed by atoms with Crippen LogP contribution in [0.15, 0.2) is 36.4 Å². The standard InChI is InChI=1S/C45H69N5O6/c1-26(2)16-34(23-48(7)8)46-43(53)32-17-31(18-35(19-32)49(9)10)36-13-11-12-30(42(36)55-25-29-14-15-29)22-50-41(40(28(4)52)39(24-51)56-50)44(54)47-38-21-33-20-37(27(38)3)45(33,5)6/h11-13,17-19,26-29,33-34,37-41,51-52H,14-16,20-25H2,1-10H3,(H,46,53)(H,47,54)/t27-,28-,33+,34+,37-,38-,39-,40+,41-/m0/s1. The van der Waals surface area contributed by atoms with E-state index in [4.69, 9.17) is 9.57 Å². The van der Waals surface area contributed by atoms with Crippen LogP contribution in [0.1, 0.15) is 89.6 Å². The van der Waals surface area contributed by atoms with Crippen molar-refractivity contribution in [3.8, 4) is 16.9 Å². The zero-order chi connectivity index (χ0) is 40.6. The normalized spacial score (nSPS) is 28.1. The third kappa shape index (κ3) is 9.23. The number of likely N-dealkylation sites (N-methyl/N-ethyl adjacent to an activating group) is 1. The number of hydroxylamine groups is 2. The second kappa shape index (κ2) is 17.3. The minimum absolute atomic E-state index is 0.00223. The van der Waals surface area contributed by atoms with Crippen molar-refractivity contribution in [3.05, 3.63) is 47.5 Å². The first-order valence-electron chi connectivity index (χ1n) is 21.0. The van der Waals surface area contributed by atoms with Gasteiger partial charge in [-0.1, -0.05) is 52.8 Å². The highest BCUT2D eigenvalue weighted by Crippen LogP contribution is 2.61. The predicted octanol–water partition coefficient (Wildman–Crippen LogP) is 5.58. The zero-order valence-electron chi connectivity index (χ0n) is 35.5. The number of amides is 2. The molecule has 5 aliphatic rings. The van der Waals surface area contributed by atoms with Crippen LogP contribution in [-0.4, -0.2) is 110 Å². The molecule has 2 bridgehead atoms. The van der Waals surface area contributed by atoms with Gasteiger partial charge in [-0.15, -0.1) is 0 Å². The van der Waals surface area contributed by atoms with Crippen LogP contribution in [0.25, 0.3) is 11.1 Å². The van der Waals surface area contributed by atoms with Crippen molar-refractivity contribution < 1.29 is 29.4 Å². The van der Waals surface area contributed by atoms with Gasteiger partial charge in [-0.2, -0.15) is 5.06 Å². The van der Waals surface area contributed by atoms with Gasteiger partial charge in [0.05, 0.1) is 25.9 Å². The molecular formula is C45H69N5O6. The molecule has 11 nitrogen and oxygen atoms in total. The summed E-state index contributed by atoms with van der Waals surface area (Å²) in [6.45, 7) is 14.1. The summed E-state index contributed by atoms with van der Waals surface area (Å²) in [6, 6.07) is 11.2. The van der Waals surface area contributed by atoms with Crippen molar-refractivity contribution in [1.29, 1.82) is 0 Å². The molecule has 7 rings (SSSR count). The minimum atomic E-state index is -0.892. The fourth-order valence-corrected chi connectivity index (χ4v) is 9.86. The number of fused-ring (bicyclic) bond motifs is 2. The van der Waals surface area contributed by atoms with Crippen molar-refractivity contribution in [2.45, 2.75) is 111 Å². The first-order valence-corrected chi connectivity index (χ1v) is 21.0. The van der Waals surface area contributed by atoms with Gasteiger partial charge in [0.25, 0.3) is 5.91 Å². The monoisotopic (exact) mass is 776 g/mol. The summed E-state index contributed by atoms with van der Waals surface area (Å²) in [5.74, 6) is 2.14. The van der Waals surface area contributed by atoms with Crippen LogP contribution in [0.2, 0.25) is 0 Å². The molecule has 1 heterocycles. The van der Waals surface area contributed by atoms with E-state index in [1.165, 1.54) is 6.42 Å². The Morgan fingerprint density at radius 1 is 1.07 bits per heavy atom. The summed E-state index contributed by atoms with van der Waals surface area (Å²) in [5, 5.41) is 29.9. The average Bonchev–Trinajstić information content (AvgIpc) is 3.88. The molecule has 1 aliphatic heterocycles. The van der Waals surface area contributed by atoms with E-state index in [-0.39, 0.29) is 42.5 Å². The summed E-state index contributed by atoms with van der Waals surface area (Å²) in [5.41, 5.74) is 4.26. The molecule has 0 radical (unpaired) electrons. The number of carbonyl (C=O) groups excluding carboxylic acids is 2. The van der Waals surface area contributed by atoms with E-state index in [0.29, 0.717) is 47.5 Å². The topological polar surface area (TPSA) is 127 Å². The molecule has 310 valence electrons. The molecule has 4 N–H and O–H groups in total. The summed E-state index contributed by atoms with van der Waals surface area (Å²) in [6.07, 6.45) is 3.62. The lowest BCUT2D eigenvalue weighted by Crippen LogP contribution is -2.62. The molecule has 11 heteroatoms. The number of rotatable bonds is 17. The van der Waals surface area contributed by atoms with Crippen LogP contribution in [0.3, 0.4) is 0 Å². The molecule has 4 aliphatic carbocycles.